The summed E-state index contributed by atoms with van der Waals surface area (Å²) in [6, 6.07) is 0.785. The Bertz CT molecular complexity index is 296. The molecule has 1 aromatic rings. The van der Waals surface area contributed by atoms with Crippen LogP contribution >= 0.6 is 0 Å². The van der Waals surface area contributed by atoms with Gasteiger partial charge in [-0.05, 0) is 6.07 Å². The summed E-state index contributed by atoms with van der Waals surface area (Å²) in [5, 5.41) is 0. The van der Waals surface area contributed by atoms with Crippen molar-refractivity contribution in [1.82, 2.24) is 0 Å². The number of methoxy groups -OCH3 is 1. The van der Waals surface area contributed by atoms with E-state index < -0.39 is 35.4 Å². The van der Waals surface area contributed by atoms with Gasteiger partial charge in [-0.3, -0.25) is 0 Å². The van der Waals surface area contributed by atoms with Gasteiger partial charge in [-0.2, -0.15) is 4.39 Å². The van der Waals surface area contributed by atoms with Crippen molar-refractivity contribution in [1.29, 1.82) is 0 Å². The number of benzene rings is 1. The highest BCUT2D eigenvalue weighted by Crippen LogP contribution is 2.25. The molecule has 0 radical (unpaired) electrons. The standard InChI is InChI=1S/C8H6F4O/c1-13-5-2-4(3-9)6(10)8(12)7(5)11/h2H,3H2,1H3. The van der Waals surface area contributed by atoms with Crippen LogP contribution in [0.15, 0.2) is 6.07 Å². The summed E-state index contributed by atoms with van der Waals surface area (Å²) in [4.78, 5) is 0. The maximum Gasteiger partial charge on any atom is 0.203 e. The number of alkyl halides is 1. The van der Waals surface area contributed by atoms with Gasteiger partial charge < -0.3 is 4.74 Å². The third-order valence-corrected chi connectivity index (χ3v) is 1.55. The maximum atomic E-state index is 12.7. The predicted octanol–water partition coefficient (Wildman–Crippen LogP) is 2.58. The second-order valence-corrected chi connectivity index (χ2v) is 2.31. The fourth-order valence-electron chi connectivity index (χ4n) is 0.876. The number of hydrogen-bond acceptors (Lipinski definition) is 1. The minimum Gasteiger partial charge on any atom is -0.494 e. The molecule has 0 saturated carbocycles. The van der Waals surface area contributed by atoms with E-state index in [0.29, 0.717) is 0 Å². The summed E-state index contributed by atoms with van der Waals surface area (Å²) in [5.74, 6) is -5.18. The number of rotatable bonds is 2. The molecule has 0 spiro atoms. The van der Waals surface area contributed by atoms with Gasteiger partial charge in [0.2, 0.25) is 5.82 Å². The third kappa shape index (κ3) is 1.59. The largest absolute Gasteiger partial charge is 0.494 e. The van der Waals surface area contributed by atoms with Crippen LogP contribution in [-0.2, 0) is 6.67 Å². The van der Waals surface area contributed by atoms with Crippen LogP contribution in [-0.4, -0.2) is 7.11 Å². The number of halogens is 4. The highest BCUT2D eigenvalue weighted by atomic mass is 19.2. The van der Waals surface area contributed by atoms with Gasteiger partial charge in [0.25, 0.3) is 0 Å². The molecule has 0 N–H and O–H groups in total. The molecule has 0 saturated heterocycles. The van der Waals surface area contributed by atoms with Crippen LogP contribution in [0.1, 0.15) is 5.56 Å². The molecular weight excluding hydrogens is 188 g/mol. The Labute approximate surface area is 71.9 Å². The van der Waals surface area contributed by atoms with E-state index in [1.807, 2.05) is 0 Å². The fraction of sp³-hybridized carbons (Fsp3) is 0.250. The van der Waals surface area contributed by atoms with Crippen LogP contribution in [0.5, 0.6) is 5.75 Å². The molecule has 1 nitrogen and oxygen atoms in total. The van der Waals surface area contributed by atoms with E-state index in [-0.39, 0.29) is 0 Å². The third-order valence-electron chi connectivity index (χ3n) is 1.55. The van der Waals surface area contributed by atoms with E-state index in [2.05, 4.69) is 4.74 Å². The van der Waals surface area contributed by atoms with Crippen molar-refractivity contribution in [3.63, 3.8) is 0 Å². The minimum absolute atomic E-state index is 0.508. The lowest BCUT2D eigenvalue weighted by Crippen LogP contribution is -2.00. The van der Waals surface area contributed by atoms with E-state index in [1.54, 1.807) is 0 Å². The average Bonchev–Trinajstić information content (AvgIpc) is 2.15. The van der Waals surface area contributed by atoms with Crippen molar-refractivity contribution in [2.45, 2.75) is 6.67 Å². The Morgan fingerprint density at radius 1 is 1.15 bits per heavy atom. The lowest BCUT2D eigenvalue weighted by Gasteiger charge is -2.05. The Morgan fingerprint density at radius 2 is 1.77 bits per heavy atom. The first kappa shape index (κ1) is 9.83. The molecule has 1 aromatic carbocycles. The second kappa shape index (κ2) is 3.64. The smallest absolute Gasteiger partial charge is 0.203 e. The lowest BCUT2D eigenvalue weighted by molar-refractivity contribution is 0.352. The molecule has 0 aliphatic carbocycles. The van der Waals surface area contributed by atoms with Gasteiger partial charge in [-0.25, -0.2) is 13.2 Å². The Kier molecular flexibility index (Phi) is 2.75. The van der Waals surface area contributed by atoms with Crippen LogP contribution in [0.3, 0.4) is 0 Å². The zero-order chi connectivity index (χ0) is 10.0. The average molecular weight is 194 g/mol. The molecule has 5 heteroatoms. The fourth-order valence-corrected chi connectivity index (χ4v) is 0.876. The quantitative estimate of drug-likeness (QED) is 0.519. The highest BCUT2D eigenvalue weighted by Gasteiger charge is 2.18. The molecule has 0 fully saturated rings. The molecule has 13 heavy (non-hydrogen) atoms. The first-order chi connectivity index (χ1) is 6.11. The van der Waals surface area contributed by atoms with Gasteiger partial charge >= 0.3 is 0 Å². The van der Waals surface area contributed by atoms with Crippen LogP contribution in [0.4, 0.5) is 17.6 Å². The summed E-state index contributed by atoms with van der Waals surface area (Å²) < 4.78 is 54.4. The van der Waals surface area contributed by atoms with E-state index in [1.165, 1.54) is 0 Å². The van der Waals surface area contributed by atoms with Gasteiger partial charge in [0, 0.05) is 5.56 Å². The summed E-state index contributed by atoms with van der Waals surface area (Å²) in [6.45, 7) is -1.21. The van der Waals surface area contributed by atoms with E-state index in [9.17, 15) is 17.6 Å². The molecule has 0 amide bonds. The van der Waals surface area contributed by atoms with E-state index >= 15 is 0 Å². The normalized spacial score (nSPS) is 10.2. The molecule has 0 heterocycles. The van der Waals surface area contributed by atoms with Crippen LogP contribution in [0.25, 0.3) is 0 Å². The van der Waals surface area contributed by atoms with E-state index in [4.69, 9.17) is 0 Å². The first-order valence-electron chi connectivity index (χ1n) is 3.38. The molecule has 0 bridgehead atoms. The maximum absolute atomic E-state index is 12.7. The summed E-state index contributed by atoms with van der Waals surface area (Å²) in [6.07, 6.45) is 0. The Hall–Kier alpha value is -1.26. The molecule has 0 unspecified atom stereocenters. The van der Waals surface area contributed by atoms with Gasteiger partial charge in [-0.1, -0.05) is 0 Å². The van der Waals surface area contributed by atoms with Crippen LogP contribution in [0.2, 0.25) is 0 Å². The van der Waals surface area contributed by atoms with Crippen molar-refractivity contribution >= 4 is 0 Å². The molecule has 72 valence electrons. The van der Waals surface area contributed by atoms with Gasteiger partial charge in [0.1, 0.15) is 6.67 Å². The summed E-state index contributed by atoms with van der Waals surface area (Å²) in [5.41, 5.74) is -0.559. The molecule has 0 aromatic heterocycles. The first-order valence-corrected chi connectivity index (χ1v) is 3.38. The number of ether oxygens (including phenoxy) is 1. The molecule has 1 rings (SSSR count). The highest BCUT2D eigenvalue weighted by molar-refractivity contribution is 5.32. The minimum atomic E-state index is -1.72. The Balaban J connectivity index is 3.36. The van der Waals surface area contributed by atoms with Gasteiger partial charge in [-0.15, -0.1) is 0 Å². The van der Waals surface area contributed by atoms with Crippen molar-refractivity contribution in [2.24, 2.45) is 0 Å². The summed E-state index contributed by atoms with van der Waals surface area (Å²) >= 11 is 0. The van der Waals surface area contributed by atoms with Gasteiger partial charge in [0.15, 0.2) is 17.4 Å². The predicted molar refractivity (Wildman–Crippen MR) is 37.7 cm³/mol. The lowest BCUT2D eigenvalue weighted by atomic mass is 10.2. The van der Waals surface area contributed by atoms with Crippen LogP contribution < -0.4 is 4.74 Å². The Morgan fingerprint density at radius 3 is 2.23 bits per heavy atom. The van der Waals surface area contributed by atoms with Gasteiger partial charge in [0.05, 0.1) is 7.11 Å². The SMILES string of the molecule is COc1cc(CF)c(F)c(F)c1F. The van der Waals surface area contributed by atoms with Crippen molar-refractivity contribution in [2.75, 3.05) is 7.11 Å². The zero-order valence-corrected chi connectivity index (χ0v) is 6.70. The van der Waals surface area contributed by atoms with Crippen molar-refractivity contribution in [3.8, 4) is 5.75 Å². The molecule has 0 atom stereocenters. The zero-order valence-electron chi connectivity index (χ0n) is 6.70. The molecule has 0 aliphatic rings. The molecular formula is C8H6F4O. The van der Waals surface area contributed by atoms with Crippen molar-refractivity contribution in [3.05, 3.63) is 29.1 Å². The van der Waals surface area contributed by atoms with Crippen LogP contribution in [0, 0.1) is 17.5 Å². The second-order valence-electron chi connectivity index (χ2n) is 2.31. The summed E-state index contributed by atoms with van der Waals surface area (Å²) in [7, 11) is 1.08. The number of hydrogen-bond donors (Lipinski definition) is 0. The van der Waals surface area contributed by atoms with Crippen molar-refractivity contribution < 1.29 is 22.3 Å². The molecule has 0 aliphatic heterocycles. The monoisotopic (exact) mass is 194 g/mol. The van der Waals surface area contributed by atoms with E-state index in [0.717, 1.165) is 13.2 Å². The topological polar surface area (TPSA) is 9.23 Å².